The molecule has 3 aliphatic rings. The molecule has 0 bridgehead atoms. The molecule has 0 N–H and O–H groups in total. The third kappa shape index (κ3) is 1.70. The van der Waals surface area contributed by atoms with E-state index in [0.29, 0.717) is 0 Å². The maximum atomic E-state index is 5.38. The minimum Gasteiger partial charge on any atom is -0.378 e. The van der Waals surface area contributed by atoms with Gasteiger partial charge in [-0.3, -0.25) is 0 Å². The number of rotatable bonds is 2. The molecule has 2 aliphatic carbocycles. The van der Waals surface area contributed by atoms with Crippen LogP contribution < -0.4 is 4.90 Å². The number of anilines is 1. The minimum atomic E-state index is 0.840. The van der Waals surface area contributed by atoms with Gasteiger partial charge in [-0.2, -0.15) is 0 Å². The minimum absolute atomic E-state index is 0.840. The van der Waals surface area contributed by atoms with Crippen LogP contribution >= 0.6 is 0 Å². The molecule has 0 spiro atoms. The second-order valence-corrected chi connectivity index (χ2v) is 4.95. The molecule has 2 heteroatoms. The predicted octanol–water partition coefficient (Wildman–Crippen LogP) is 3.17. The largest absolute Gasteiger partial charge is 0.378 e. The monoisotopic (exact) mass is 237 g/mol. The molecule has 0 radical (unpaired) electrons. The molecule has 0 saturated carbocycles. The van der Waals surface area contributed by atoms with E-state index >= 15 is 0 Å². The number of ether oxygens (including phenoxy) is 1. The predicted molar refractivity (Wildman–Crippen MR) is 73.9 cm³/mol. The number of fused-ring (bicyclic) bond motifs is 1. The number of nitrogens with zero attached hydrogens (tertiary/aromatic N) is 1. The molecule has 18 heavy (non-hydrogen) atoms. The Hall–Kier alpha value is -1.80. The zero-order valence-corrected chi connectivity index (χ0v) is 10.2. The fourth-order valence-corrected chi connectivity index (χ4v) is 2.61. The molecule has 4 rings (SSSR count). The van der Waals surface area contributed by atoms with Gasteiger partial charge < -0.3 is 9.64 Å². The Morgan fingerprint density at radius 3 is 1.89 bits per heavy atom. The van der Waals surface area contributed by atoms with Crippen molar-refractivity contribution in [1.82, 2.24) is 0 Å². The van der Waals surface area contributed by atoms with Crippen molar-refractivity contribution in [1.29, 1.82) is 0 Å². The van der Waals surface area contributed by atoms with Gasteiger partial charge in [0.1, 0.15) is 0 Å². The third-order valence-electron chi connectivity index (χ3n) is 3.76. The first-order valence-corrected chi connectivity index (χ1v) is 6.49. The highest BCUT2D eigenvalue weighted by Crippen LogP contribution is 2.40. The van der Waals surface area contributed by atoms with Crippen LogP contribution in [0.25, 0.3) is 22.3 Å². The van der Waals surface area contributed by atoms with E-state index in [1.54, 1.807) is 0 Å². The molecule has 1 aliphatic heterocycles. The SMILES string of the molecule is c1cc(N2CCOCC2)ccc1-c1cc2cc-2c1. The number of benzene rings is 2. The lowest BCUT2D eigenvalue weighted by Gasteiger charge is -2.28. The highest BCUT2D eigenvalue weighted by atomic mass is 16.5. The van der Waals surface area contributed by atoms with E-state index in [-0.39, 0.29) is 0 Å². The van der Waals surface area contributed by atoms with Gasteiger partial charge in [0.2, 0.25) is 0 Å². The van der Waals surface area contributed by atoms with Gasteiger partial charge in [-0.25, -0.2) is 0 Å². The van der Waals surface area contributed by atoms with Crippen LogP contribution in [0.3, 0.4) is 0 Å². The molecule has 1 heterocycles. The smallest absolute Gasteiger partial charge is 0.0642 e. The van der Waals surface area contributed by atoms with E-state index in [9.17, 15) is 0 Å². The Morgan fingerprint density at radius 1 is 0.722 bits per heavy atom. The van der Waals surface area contributed by atoms with Crippen LogP contribution in [0.15, 0.2) is 42.5 Å². The van der Waals surface area contributed by atoms with E-state index in [4.69, 9.17) is 4.74 Å². The lowest BCUT2D eigenvalue weighted by atomic mass is 10.1. The molecule has 1 saturated heterocycles. The average molecular weight is 237 g/mol. The average Bonchev–Trinajstić information content (AvgIpc) is 3.06. The summed E-state index contributed by atoms with van der Waals surface area (Å²) in [6.45, 7) is 3.68. The Morgan fingerprint density at radius 2 is 1.28 bits per heavy atom. The molecule has 90 valence electrons. The van der Waals surface area contributed by atoms with Gasteiger partial charge in [-0.1, -0.05) is 12.1 Å². The maximum absolute atomic E-state index is 5.38. The molecule has 0 aromatic heterocycles. The molecule has 0 unspecified atom stereocenters. The number of hydrogen-bond donors (Lipinski definition) is 0. The van der Waals surface area contributed by atoms with Gasteiger partial charge in [0.25, 0.3) is 0 Å². The summed E-state index contributed by atoms with van der Waals surface area (Å²) in [5.74, 6) is 0. The van der Waals surface area contributed by atoms with Crippen molar-refractivity contribution in [3.8, 4) is 22.3 Å². The van der Waals surface area contributed by atoms with E-state index in [2.05, 4.69) is 47.4 Å². The molecule has 1 fully saturated rings. The third-order valence-corrected chi connectivity index (χ3v) is 3.76. The van der Waals surface area contributed by atoms with E-state index in [0.717, 1.165) is 26.3 Å². The van der Waals surface area contributed by atoms with Gasteiger partial charge >= 0.3 is 0 Å². The van der Waals surface area contributed by atoms with E-state index < -0.39 is 0 Å². The normalized spacial score (nSPS) is 16.8. The first-order chi connectivity index (χ1) is 8.90. The van der Waals surface area contributed by atoms with Crippen molar-refractivity contribution in [2.24, 2.45) is 0 Å². The van der Waals surface area contributed by atoms with Crippen LogP contribution in [0, 0.1) is 0 Å². The van der Waals surface area contributed by atoms with Crippen LogP contribution in [0.1, 0.15) is 0 Å². The van der Waals surface area contributed by atoms with Gasteiger partial charge in [0, 0.05) is 18.8 Å². The molecule has 1 aromatic carbocycles. The van der Waals surface area contributed by atoms with Crippen LogP contribution in [-0.4, -0.2) is 26.3 Å². The molecule has 1 aromatic rings. The Bertz CT molecular complexity index is 562. The summed E-state index contributed by atoms with van der Waals surface area (Å²) in [6, 6.07) is 15.6. The quantitative estimate of drug-likeness (QED) is 0.678. The lowest BCUT2D eigenvalue weighted by molar-refractivity contribution is 0.122. The summed E-state index contributed by atoms with van der Waals surface area (Å²) in [4.78, 5) is 2.38. The first-order valence-electron chi connectivity index (χ1n) is 6.49. The Balaban J connectivity index is 1.58. The zero-order chi connectivity index (χ0) is 11.9. The van der Waals surface area contributed by atoms with Crippen LogP contribution in [0.4, 0.5) is 5.69 Å². The second kappa shape index (κ2) is 3.85. The topological polar surface area (TPSA) is 12.5 Å². The van der Waals surface area contributed by atoms with Gasteiger partial charge in [-0.15, -0.1) is 0 Å². The number of hydrogen-bond acceptors (Lipinski definition) is 2. The standard InChI is InChI=1S/C16H15NO/c1-3-16(17-5-7-18-8-6-17)4-2-12(1)13-9-14-11-15(14)10-13/h1-4,9-11H,5-8H2. The van der Waals surface area contributed by atoms with Crippen molar-refractivity contribution in [2.45, 2.75) is 0 Å². The summed E-state index contributed by atoms with van der Waals surface area (Å²) in [7, 11) is 0. The molecule has 0 atom stereocenters. The first kappa shape index (κ1) is 10.2. The summed E-state index contributed by atoms with van der Waals surface area (Å²) < 4.78 is 5.38. The van der Waals surface area contributed by atoms with Crippen molar-refractivity contribution in [3.05, 3.63) is 42.5 Å². The summed E-state index contributed by atoms with van der Waals surface area (Å²) in [6.07, 6.45) is 0. The highest BCUT2D eigenvalue weighted by Gasteiger charge is 2.15. The zero-order valence-electron chi connectivity index (χ0n) is 10.2. The van der Waals surface area contributed by atoms with E-state index in [1.165, 1.54) is 27.9 Å². The van der Waals surface area contributed by atoms with Gasteiger partial charge in [0.15, 0.2) is 0 Å². The summed E-state index contributed by atoms with van der Waals surface area (Å²) in [5.41, 5.74) is 6.77. The van der Waals surface area contributed by atoms with Crippen molar-refractivity contribution in [2.75, 3.05) is 31.2 Å². The van der Waals surface area contributed by atoms with Crippen molar-refractivity contribution in [3.63, 3.8) is 0 Å². The Labute approximate surface area is 107 Å². The fourth-order valence-electron chi connectivity index (χ4n) is 2.61. The Kier molecular flexibility index (Phi) is 2.17. The van der Waals surface area contributed by atoms with Gasteiger partial charge in [-0.05, 0) is 52.6 Å². The number of morpholine rings is 1. The van der Waals surface area contributed by atoms with Crippen molar-refractivity contribution < 1.29 is 4.74 Å². The van der Waals surface area contributed by atoms with Gasteiger partial charge in [0.05, 0.1) is 13.2 Å². The summed E-state index contributed by atoms with van der Waals surface area (Å²) in [5, 5.41) is 0. The van der Waals surface area contributed by atoms with Crippen LogP contribution in [0.2, 0.25) is 0 Å². The van der Waals surface area contributed by atoms with Crippen molar-refractivity contribution >= 4 is 5.69 Å². The van der Waals surface area contributed by atoms with Crippen LogP contribution in [0.5, 0.6) is 0 Å². The molecular formula is C16H15NO. The maximum Gasteiger partial charge on any atom is 0.0642 e. The summed E-state index contributed by atoms with van der Waals surface area (Å²) >= 11 is 0. The van der Waals surface area contributed by atoms with Crippen LogP contribution in [-0.2, 0) is 4.74 Å². The highest BCUT2D eigenvalue weighted by molar-refractivity contribution is 5.89. The molecule has 0 amide bonds. The lowest BCUT2D eigenvalue weighted by Crippen LogP contribution is -2.36. The second-order valence-electron chi connectivity index (χ2n) is 4.95. The fraction of sp³-hybridized carbons (Fsp3) is 0.250. The molecular weight excluding hydrogens is 222 g/mol. The molecule has 2 nitrogen and oxygen atoms in total. The van der Waals surface area contributed by atoms with E-state index in [1.807, 2.05) is 0 Å².